The molecular formula is C50H35N3. The van der Waals surface area contributed by atoms with Gasteiger partial charge < -0.3 is 0 Å². The lowest BCUT2D eigenvalue weighted by Crippen LogP contribution is -2.15. The molecule has 1 aliphatic carbocycles. The maximum absolute atomic E-state index is 5.23. The van der Waals surface area contributed by atoms with Crippen molar-refractivity contribution >= 4 is 21.5 Å². The fraction of sp³-hybridized carbons (Fsp3) is 0.0600. The highest BCUT2D eigenvalue weighted by molar-refractivity contribution is 6.06. The first kappa shape index (κ1) is 31.1. The molecule has 3 nitrogen and oxygen atoms in total. The van der Waals surface area contributed by atoms with Gasteiger partial charge in [0.15, 0.2) is 5.82 Å². The summed E-state index contributed by atoms with van der Waals surface area (Å²) in [5.41, 5.74) is 14.8. The molecule has 0 bridgehead atoms. The number of hydrogen-bond acceptors (Lipinski definition) is 3. The smallest absolute Gasteiger partial charge is 0.160 e. The van der Waals surface area contributed by atoms with Crippen molar-refractivity contribution < 1.29 is 0 Å². The van der Waals surface area contributed by atoms with Crippen molar-refractivity contribution in [2.45, 2.75) is 19.3 Å². The molecule has 0 spiro atoms. The van der Waals surface area contributed by atoms with E-state index in [1.807, 2.05) is 30.5 Å². The first-order valence-electron chi connectivity index (χ1n) is 18.2. The number of aromatic nitrogens is 3. The third-order valence-electron chi connectivity index (χ3n) is 11.0. The highest BCUT2D eigenvalue weighted by Crippen LogP contribution is 2.52. The second-order valence-corrected chi connectivity index (χ2v) is 14.5. The Morgan fingerprint density at radius 2 is 1.09 bits per heavy atom. The number of fused-ring (bicyclic) bond motifs is 6. The minimum absolute atomic E-state index is 0.111. The van der Waals surface area contributed by atoms with E-state index < -0.39 is 0 Å². The van der Waals surface area contributed by atoms with Gasteiger partial charge in [-0.3, -0.25) is 4.98 Å². The second-order valence-electron chi connectivity index (χ2n) is 14.5. The number of hydrogen-bond donors (Lipinski definition) is 0. The zero-order valence-electron chi connectivity index (χ0n) is 29.6. The number of nitrogens with zero attached hydrogens (tertiary/aromatic N) is 3. The van der Waals surface area contributed by atoms with Crippen LogP contribution in [0, 0.1) is 0 Å². The molecule has 0 aliphatic heterocycles. The molecule has 0 saturated heterocycles. The molecule has 2 heterocycles. The predicted molar refractivity (Wildman–Crippen MR) is 220 cm³/mol. The zero-order chi connectivity index (χ0) is 35.5. The van der Waals surface area contributed by atoms with Crippen LogP contribution in [0.4, 0.5) is 0 Å². The summed E-state index contributed by atoms with van der Waals surface area (Å²) >= 11 is 0. The minimum atomic E-state index is -0.111. The molecule has 53 heavy (non-hydrogen) atoms. The Kier molecular flexibility index (Phi) is 7.16. The number of rotatable bonds is 5. The molecule has 9 aromatic rings. The lowest BCUT2D eigenvalue weighted by Gasteiger charge is -2.22. The van der Waals surface area contributed by atoms with Crippen molar-refractivity contribution in [1.82, 2.24) is 15.0 Å². The molecule has 0 amide bonds. The standard InChI is InChI=1S/C50H35N3/c1-50(2)44-26-22-32-12-6-7-18-39(32)48(44)43-23-21-35(29-45(43)50)38-24-25-42(41-20-9-8-19-40(38)41)47-30-46(52-49(53-47)33-13-4-3-5-14-33)36-16-10-15-34(28-36)37-17-11-27-51-31-37/h3-31H,1-2H3. The summed E-state index contributed by atoms with van der Waals surface area (Å²) in [7, 11) is 0. The van der Waals surface area contributed by atoms with Gasteiger partial charge in [0, 0.05) is 40.1 Å². The fourth-order valence-electron chi connectivity index (χ4n) is 8.29. The minimum Gasteiger partial charge on any atom is -0.264 e. The summed E-state index contributed by atoms with van der Waals surface area (Å²) < 4.78 is 0. The Morgan fingerprint density at radius 3 is 1.92 bits per heavy atom. The lowest BCUT2D eigenvalue weighted by atomic mass is 9.81. The van der Waals surface area contributed by atoms with Crippen LogP contribution in [0.25, 0.3) is 88.8 Å². The lowest BCUT2D eigenvalue weighted by molar-refractivity contribution is 0.661. The van der Waals surface area contributed by atoms with Gasteiger partial charge in [0.2, 0.25) is 0 Å². The average Bonchev–Trinajstić information content (AvgIpc) is 3.46. The Hall–Kier alpha value is -6.71. The molecule has 0 fully saturated rings. The first-order chi connectivity index (χ1) is 26.0. The van der Waals surface area contributed by atoms with E-state index in [1.165, 1.54) is 49.5 Å². The van der Waals surface area contributed by atoms with Gasteiger partial charge in [-0.05, 0) is 84.8 Å². The highest BCUT2D eigenvalue weighted by Gasteiger charge is 2.36. The van der Waals surface area contributed by atoms with Gasteiger partial charge in [-0.1, -0.05) is 153 Å². The van der Waals surface area contributed by atoms with E-state index in [1.54, 1.807) is 6.20 Å². The van der Waals surface area contributed by atoms with Crippen LogP contribution in [-0.2, 0) is 5.41 Å². The van der Waals surface area contributed by atoms with Gasteiger partial charge in [-0.2, -0.15) is 0 Å². The highest BCUT2D eigenvalue weighted by atomic mass is 14.9. The Balaban J connectivity index is 1.12. The molecule has 0 atom stereocenters. The molecule has 3 heteroatoms. The molecule has 10 rings (SSSR count). The Bertz CT molecular complexity index is 2860. The maximum atomic E-state index is 5.23. The third-order valence-corrected chi connectivity index (χ3v) is 11.0. The number of pyridine rings is 1. The van der Waals surface area contributed by atoms with Crippen LogP contribution in [-0.4, -0.2) is 15.0 Å². The third kappa shape index (κ3) is 5.16. The summed E-state index contributed by atoms with van der Waals surface area (Å²) in [6.07, 6.45) is 3.70. The summed E-state index contributed by atoms with van der Waals surface area (Å²) in [5.74, 6) is 0.700. The molecule has 0 radical (unpaired) electrons. The van der Waals surface area contributed by atoms with Crippen molar-refractivity contribution in [3.63, 3.8) is 0 Å². The van der Waals surface area contributed by atoms with Gasteiger partial charge in [-0.25, -0.2) is 9.97 Å². The monoisotopic (exact) mass is 677 g/mol. The summed E-state index contributed by atoms with van der Waals surface area (Å²) in [4.78, 5) is 14.7. The molecule has 7 aromatic carbocycles. The molecule has 2 aromatic heterocycles. The van der Waals surface area contributed by atoms with Crippen LogP contribution in [0.5, 0.6) is 0 Å². The van der Waals surface area contributed by atoms with Crippen LogP contribution < -0.4 is 0 Å². The van der Waals surface area contributed by atoms with Crippen LogP contribution in [0.2, 0.25) is 0 Å². The normalized spacial score (nSPS) is 12.9. The van der Waals surface area contributed by atoms with E-state index in [0.717, 1.165) is 44.6 Å². The summed E-state index contributed by atoms with van der Waals surface area (Å²) in [6.45, 7) is 4.72. The van der Waals surface area contributed by atoms with E-state index in [2.05, 4.69) is 158 Å². The zero-order valence-corrected chi connectivity index (χ0v) is 29.6. The largest absolute Gasteiger partial charge is 0.264 e. The molecule has 0 unspecified atom stereocenters. The van der Waals surface area contributed by atoms with Crippen LogP contribution in [0.15, 0.2) is 176 Å². The molecule has 1 aliphatic rings. The van der Waals surface area contributed by atoms with Crippen LogP contribution in [0.1, 0.15) is 25.0 Å². The Morgan fingerprint density at radius 1 is 0.415 bits per heavy atom. The van der Waals surface area contributed by atoms with Gasteiger partial charge >= 0.3 is 0 Å². The van der Waals surface area contributed by atoms with Crippen molar-refractivity contribution in [3.05, 3.63) is 187 Å². The first-order valence-corrected chi connectivity index (χ1v) is 18.2. The van der Waals surface area contributed by atoms with Crippen molar-refractivity contribution in [3.8, 4) is 67.3 Å². The van der Waals surface area contributed by atoms with Crippen molar-refractivity contribution in [2.75, 3.05) is 0 Å². The summed E-state index contributed by atoms with van der Waals surface area (Å²) in [6, 6.07) is 58.6. The van der Waals surface area contributed by atoms with Crippen LogP contribution >= 0.6 is 0 Å². The SMILES string of the molecule is CC1(C)c2cc(-c3ccc(-c4cc(-c5cccc(-c6cccnc6)c5)nc(-c5ccccc5)n4)c4ccccc34)ccc2-c2c1ccc1ccccc21. The average molecular weight is 678 g/mol. The van der Waals surface area contributed by atoms with Gasteiger partial charge in [0.25, 0.3) is 0 Å². The van der Waals surface area contributed by atoms with Crippen molar-refractivity contribution in [1.29, 1.82) is 0 Å². The quantitative estimate of drug-likeness (QED) is 0.182. The van der Waals surface area contributed by atoms with E-state index in [0.29, 0.717) is 5.82 Å². The maximum Gasteiger partial charge on any atom is 0.160 e. The topological polar surface area (TPSA) is 38.7 Å². The van der Waals surface area contributed by atoms with E-state index >= 15 is 0 Å². The molecular weight excluding hydrogens is 643 g/mol. The van der Waals surface area contributed by atoms with Crippen molar-refractivity contribution in [2.24, 2.45) is 0 Å². The molecule has 0 N–H and O–H groups in total. The van der Waals surface area contributed by atoms with Crippen LogP contribution in [0.3, 0.4) is 0 Å². The van der Waals surface area contributed by atoms with Gasteiger partial charge in [0.05, 0.1) is 11.4 Å². The van der Waals surface area contributed by atoms with E-state index in [4.69, 9.17) is 9.97 Å². The van der Waals surface area contributed by atoms with E-state index in [9.17, 15) is 0 Å². The fourth-order valence-corrected chi connectivity index (χ4v) is 8.29. The van der Waals surface area contributed by atoms with Gasteiger partial charge in [0.1, 0.15) is 0 Å². The van der Waals surface area contributed by atoms with Gasteiger partial charge in [-0.15, -0.1) is 0 Å². The van der Waals surface area contributed by atoms with E-state index in [-0.39, 0.29) is 5.41 Å². The summed E-state index contributed by atoms with van der Waals surface area (Å²) in [5, 5.41) is 4.96. The number of benzene rings is 7. The molecule has 0 saturated carbocycles. The Labute approximate surface area is 309 Å². The molecule has 250 valence electrons. The second kappa shape index (κ2) is 12.2. The predicted octanol–water partition coefficient (Wildman–Crippen LogP) is 12.8.